The van der Waals surface area contributed by atoms with Crippen LogP contribution >= 0.6 is 0 Å². The van der Waals surface area contributed by atoms with E-state index in [1.165, 1.54) is 19.2 Å². The lowest BCUT2D eigenvalue weighted by Gasteiger charge is -2.14. The average Bonchev–Trinajstić information content (AvgIpc) is 2.99. The van der Waals surface area contributed by atoms with Gasteiger partial charge in [-0.25, -0.2) is 0 Å². The lowest BCUT2D eigenvalue weighted by molar-refractivity contribution is 0.370. The molecule has 2 aromatic heterocycles. The number of aromatic hydroxyl groups is 3. The summed E-state index contributed by atoms with van der Waals surface area (Å²) >= 11 is 0. The van der Waals surface area contributed by atoms with Gasteiger partial charge in [-0.05, 0) is 64.8 Å². The second-order valence-corrected chi connectivity index (χ2v) is 11.2. The number of phenols is 3. The van der Waals surface area contributed by atoms with Crippen LogP contribution in [0, 0.1) is 0 Å². The summed E-state index contributed by atoms with van der Waals surface area (Å²) < 4.78 is 16.8. The fourth-order valence-electron chi connectivity index (χ4n) is 5.21. The molecule has 0 aliphatic carbocycles. The van der Waals surface area contributed by atoms with Crippen LogP contribution < -0.4 is 15.6 Å². The number of benzene rings is 4. The van der Waals surface area contributed by atoms with Gasteiger partial charge in [-0.2, -0.15) is 0 Å². The summed E-state index contributed by atoms with van der Waals surface area (Å²) in [5, 5.41) is 33.1. The Balaban J connectivity index is 0.000000220. The molecule has 6 rings (SSSR count). The van der Waals surface area contributed by atoms with Crippen molar-refractivity contribution in [2.75, 3.05) is 7.11 Å². The van der Waals surface area contributed by atoms with Crippen molar-refractivity contribution >= 4 is 43.9 Å². The molecule has 3 N–H and O–H groups in total. The first-order valence-corrected chi connectivity index (χ1v) is 14.4. The van der Waals surface area contributed by atoms with E-state index in [0.717, 1.165) is 11.1 Å². The highest BCUT2D eigenvalue weighted by molar-refractivity contribution is 5.98. The molecule has 8 heteroatoms. The minimum atomic E-state index is -0.447. The minimum absolute atomic E-state index is 0.0105. The summed E-state index contributed by atoms with van der Waals surface area (Å²) in [4.78, 5) is 25.5. The van der Waals surface area contributed by atoms with Gasteiger partial charge in [0.25, 0.3) is 0 Å². The van der Waals surface area contributed by atoms with Gasteiger partial charge in [0.1, 0.15) is 39.2 Å². The average molecular weight is 607 g/mol. The molecule has 0 spiro atoms. The first-order chi connectivity index (χ1) is 21.5. The van der Waals surface area contributed by atoms with E-state index >= 15 is 0 Å². The Kier molecular flexibility index (Phi) is 8.68. The Hall–Kier alpha value is -5.50. The highest BCUT2D eigenvalue weighted by Crippen LogP contribution is 2.40. The molecule has 0 radical (unpaired) electrons. The van der Waals surface area contributed by atoms with Gasteiger partial charge in [0, 0.05) is 23.3 Å². The Labute approximate surface area is 258 Å². The molecule has 0 bridgehead atoms. The summed E-state index contributed by atoms with van der Waals surface area (Å²) in [6.45, 7) is 7.68. The van der Waals surface area contributed by atoms with Crippen LogP contribution in [0.1, 0.15) is 38.8 Å². The van der Waals surface area contributed by atoms with E-state index in [-0.39, 0.29) is 62.3 Å². The number of para-hydroxylation sites is 2. The zero-order valence-electron chi connectivity index (χ0n) is 25.7. The maximum absolute atomic E-state index is 13.5. The molecule has 4 aromatic carbocycles. The summed E-state index contributed by atoms with van der Waals surface area (Å²) in [7, 11) is 1.42. The molecule has 2 heterocycles. The summed E-state index contributed by atoms with van der Waals surface area (Å²) in [5.74, 6) is -0.436. The summed E-state index contributed by atoms with van der Waals surface area (Å²) in [6, 6.07) is 17.2. The molecule has 8 nitrogen and oxygen atoms in total. The maximum Gasteiger partial charge on any atom is 0.204 e. The van der Waals surface area contributed by atoms with Gasteiger partial charge in [-0.1, -0.05) is 47.6 Å². The number of allylic oxidation sites excluding steroid dienone is 4. The van der Waals surface area contributed by atoms with E-state index in [0.29, 0.717) is 33.9 Å². The number of methoxy groups -OCH3 is 1. The number of hydrogen-bond donors (Lipinski definition) is 3. The lowest BCUT2D eigenvalue weighted by Crippen LogP contribution is -2.08. The number of fused-ring (bicyclic) bond motifs is 4. The standard InChI is InChI=1S/C24H26O6.C13H8O2/c1-12(2)6-8-14-16(25)10-19-21(22(14)27)23(28)20-15(9-7-13(3)4)24(29-5)17(26)11-18(20)30-19;14-13-9-5-1-3-7-11(9)15-12-8-4-2-6-10(12)13/h6-7,10-11,25-27H,8-9H2,1-5H3;1-8H. The Morgan fingerprint density at radius 1 is 0.667 bits per heavy atom. The van der Waals surface area contributed by atoms with E-state index in [2.05, 4.69) is 0 Å². The van der Waals surface area contributed by atoms with Crippen molar-refractivity contribution < 1.29 is 28.9 Å². The summed E-state index contributed by atoms with van der Waals surface area (Å²) in [6.07, 6.45) is 4.38. The van der Waals surface area contributed by atoms with Gasteiger partial charge in [0.05, 0.1) is 23.3 Å². The molecular formula is C37H34O8. The van der Waals surface area contributed by atoms with Gasteiger partial charge >= 0.3 is 0 Å². The number of ether oxygens (including phenoxy) is 1. The lowest BCUT2D eigenvalue weighted by atomic mass is 9.98. The van der Waals surface area contributed by atoms with Gasteiger partial charge in [0.15, 0.2) is 11.5 Å². The molecule has 0 amide bonds. The molecular weight excluding hydrogens is 572 g/mol. The molecule has 0 aliphatic heterocycles. The predicted octanol–water partition coefficient (Wildman–Crippen LogP) is 8.04. The van der Waals surface area contributed by atoms with Crippen molar-refractivity contribution in [1.82, 2.24) is 0 Å². The van der Waals surface area contributed by atoms with Crippen LogP contribution in [0.2, 0.25) is 0 Å². The Morgan fingerprint density at radius 2 is 1.16 bits per heavy atom. The van der Waals surface area contributed by atoms with E-state index < -0.39 is 5.43 Å². The number of hydrogen-bond acceptors (Lipinski definition) is 8. The fourth-order valence-corrected chi connectivity index (χ4v) is 5.21. The topological polar surface area (TPSA) is 130 Å². The van der Waals surface area contributed by atoms with Crippen molar-refractivity contribution in [3.63, 3.8) is 0 Å². The number of phenolic OH excluding ortho intramolecular Hbond substituents is 3. The monoisotopic (exact) mass is 606 g/mol. The molecule has 0 atom stereocenters. The molecule has 0 saturated heterocycles. The van der Waals surface area contributed by atoms with Gasteiger partial charge in [-0.15, -0.1) is 0 Å². The molecule has 0 aliphatic rings. The van der Waals surface area contributed by atoms with Crippen LogP contribution in [0.15, 0.2) is 102 Å². The number of rotatable bonds is 5. The van der Waals surface area contributed by atoms with Crippen molar-refractivity contribution in [3.05, 3.63) is 116 Å². The minimum Gasteiger partial charge on any atom is -0.507 e. The molecule has 0 fully saturated rings. The third kappa shape index (κ3) is 5.99. The van der Waals surface area contributed by atoms with E-state index in [4.69, 9.17) is 13.6 Å². The van der Waals surface area contributed by atoms with Crippen molar-refractivity contribution in [3.8, 4) is 23.0 Å². The van der Waals surface area contributed by atoms with Crippen LogP contribution in [0.5, 0.6) is 23.0 Å². The largest absolute Gasteiger partial charge is 0.507 e. The van der Waals surface area contributed by atoms with E-state index in [1.54, 1.807) is 12.1 Å². The third-order valence-electron chi connectivity index (χ3n) is 7.46. The highest BCUT2D eigenvalue weighted by Gasteiger charge is 2.23. The van der Waals surface area contributed by atoms with Crippen molar-refractivity contribution in [1.29, 1.82) is 0 Å². The zero-order chi connectivity index (χ0) is 32.4. The predicted molar refractivity (Wildman–Crippen MR) is 178 cm³/mol. The van der Waals surface area contributed by atoms with Crippen LogP contribution in [-0.2, 0) is 12.8 Å². The summed E-state index contributed by atoms with van der Waals surface area (Å²) in [5.41, 5.74) is 3.85. The van der Waals surface area contributed by atoms with Gasteiger partial charge < -0.3 is 28.9 Å². The molecule has 0 unspecified atom stereocenters. The van der Waals surface area contributed by atoms with E-state index in [9.17, 15) is 24.9 Å². The fraction of sp³-hybridized carbons (Fsp3) is 0.189. The molecule has 6 aromatic rings. The Morgan fingerprint density at radius 3 is 1.71 bits per heavy atom. The van der Waals surface area contributed by atoms with Crippen LogP contribution in [0.4, 0.5) is 0 Å². The molecule has 230 valence electrons. The quantitative estimate of drug-likeness (QED) is 0.133. The molecule has 0 saturated carbocycles. The van der Waals surface area contributed by atoms with Crippen LogP contribution in [0.25, 0.3) is 43.9 Å². The van der Waals surface area contributed by atoms with Crippen molar-refractivity contribution in [2.45, 2.75) is 40.5 Å². The maximum atomic E-state index is 13.5. The second-order valence-electron chi connectivity index (χ2n) is 11.2. The van der Waals surface area contributed by atoms with E-state index in [1.807, 2.05) is 76.2 Å². The van der Waals surface area contributed by atoms with Crippen LogP contribution in [-0.4, -0.2) is 22.4 Å². The van der Waals surface area contributed by atoms with Crippen LogP contribution in [0.3, 0.4) is 0 Å². The highest BCUT2D eigenvalue weighted by atomic mass is 16.5. The van der Waals surface area contributed by atoms with Gasteiger partial charge in [-0.3, -0.25) is 9.59 Å². The first-order valence-electron chi connectivity index (χ1n) is 14.4. The zero-order valence-corrected chi connectivity index (χ0v) is 25.7. The SMILES string of the molecule is COc1c(O)cc2oc3cc(O)c(CC=C(C)C)c(O)c3c(=O)c2c1CC=C(C)C.O=c1c2ccccc2oc2ccccc12. The first kappa shape index (κ1) is 30.9. The Bertz CT molecular complexity index is 2200. The van der Waals surface area contributed by atoms with Gasteiger partial charge in [0.2, 0.25) is 10.9 Å². The third-order valence-corrected chi connectivity index (χ3v) is 7.46. The van der Waals surface area contributed by atoms with Crippen molar-refractivity contribution in [2.24, 2.45) is 0 Å². The smallest absolute Gasteiger partial charge is 0.204 e. The second kappa shape index (κ2) is 12.6. The molecule has 45 heavy (non-hydrogen) atoms. The normalized spacial score (nSPS) is 11.0.